The van der Waals surface area contributed by atoms with Crippen LogP contribution in [0.5, 0.6) is 5.75 Å². The number of hydrogen-bond acceptors (Lipinski definition) is 4. The first kappa shape index (κ1) is 18.0. The van der Waals surface area contributed by atoms with Crippen molar-refractivity contribution in [3.8, 4) is 5.75 Å². The largest absolute Gasteiger partial charge is 0.573 e. The smallest absolute Gasteiger partial charge is 0.406 e. The number of ether oxygens (including phenoxy) is 1. The predicted molar refractivity (Wildman–Crippen MR) is 97.0 cm³/mol. The molecule has 0 saturated carbocycles. The molecule has 1 aliphatic heterocycles. The van der Waals surface area contributed by atoms with Crippen LogP contribution in [0.3, 0.4) is 0 Å². The molecule has 0 fully saturated rings. The Morgan fingerprint density at radius 3 is 2.46 bits per heavy atom. The maximum Gasteiger partial charge on any atom is 0.573 e. The molecule has 144 valence electrons. The molecule has 0 aliphatic carbocycles. The Balaban J connectivity index is 1.75. The summed E-state index contributed by atoms with van der Waals surface area (Å²) in [4.78, 5) is 10.3. The second-order valence-electron chi connectivity index (χ2n) is 6.12. The SMILES string of the molecule is Cc1nc2ccccc2n1C1=NC=C(F)CN1c1ccc(OC(F)(F)F)cc1. The highest BCUT2D eigenvalue weighted by atomic mass is 19.4. The van der Waals surface area contributed by atoms with Gasteiger partial charge in [0, 0.05) is 5.69 Å². The highest BCUT2D eigenvalue weighted by Gasteiger charge is 2.31. The summed E-state index contributed by atoms with van der Waals surface area (Å²) in [7, 11) is 0. The van der Waals surface area contributed by atoms with Gasteiger partial charge in [-0.2, -0.15) is 0 Å². The van der Waals surface area contributed by atoms with E-state index in [0.29, 0.717) is 17.5 Å². The third kappa shape index (κ3) is 3.42. The van der Waals surface area contributed by atoms with Gasteiger partial charge in [0.2, 0.25) is 5.96 Å². The molecular formula is C19H14F4N4O. The normalized spacial score (nSPS) is 14.8. The molecule has 1 aliphatic rings. The molecule has 0 atom stereocenters. The number of aromatic nitrogens is 2. The summed E-state index contributed by atoms with van der Waals surface area (Å²) in [6, 6.07) is 12.6. The van der Waals surface area contributed by atoms with Gasteiger partial charge in [0.15, 0.2) is 0 Å². The Kier molecular flexibility index (Phi) is 4.29. The zero-order valence-electron chi connectivity index (χ0n) is 14.6. The number of alkyl halides is 3. The fourth-order valence-corrected chi connectivity index (χ4v) is 3.07. The first-order valence-electron chi connectivity index (χ1n) is 8.32. The summed E-state index contributed by atoms with van der Waals surface area (Å²) < 4.78 is 56.7. The number of anilines is 1. The number of nitrogens with zero attached hydrogens (tertiary/aromatic N) is 4. The molecule has 0 bridgehead atoms. The first-order valence-corrected chi connectivity index (χ1v) is 8.32. The lowest BCUT2D eigenvalue weighted by molar-refractivity contribution is -0.274. The molecule has 0 unspecified atom stereocenters. The van der Waals surface area contributed by atoms with Crippen LogP contribution < -0.4 is 9.64 Å². The van der Waals surface area contributed by atoms with Crippen molar-refractivity contribution in [3.05, 3.63) is 66.4 Å². The highest BCUT2D eigenvalue weighted by molar-refractivity contribution is 6.04. The van der Waals surface area contributed by atoms with Gasteiger partial charge in [-0.15, -0.1) is 13.2 Å². The van der Waals surface area contributed by atoms with Gasteiger partial charge < -0.3 is 9.64 Å². The zero-order chi connectivity index (χ0) is 19.9. The van der Waals surface area contributed by atoms with Crippen LogP contribution in [0.2, 0.25) is 0 Å². The van der Waals surface area contributed by atoms with Crippen LogP contribution in [0.4, 0.5) is 23.2 Å². The summed E-state index contributed by atoms with van der Waals surface area (Å²) in [6.07, 6.45) is -3.65. The van der Waals surface area contributed by atoms with E-state index in [0.717, 1.165) is 17.2 Å². The van der Waals surface area contributed by atoms with Crippen molar-refractivity contribution in [1.82, 2.24) is 9.55 Å². The van der Waals surface area contributed by atoms with Crippen LogP contribution in [-0.2, 0) is 0 Å². The van der Waals surface area contributed by atoms with Crippen molar-refractivity contribution in [1.29, 1.82) is 0 Å². The molecule has 9 heteroatoms. The van der Waals surface area contributed by atoms with Crippen molar-refractivity contribution in [2.45, 2.75) is 13.3 Å². The molecule has 0 saturated heterocycles. The lowest BCUT2D eigenvalue weighted by Gasteiger charge is -2.28. The Hall–Kier alpha value is -3.36. The zero-order valence-corrected chi connectivity index (χ0v) is 14.6. The second kappa shape index (κ2) is 6.66. The van der Waals surface area contributed by atoms with Crippen LogP contribution in [0.1, 0.15) is 5.82 Å². The Labute approximate surface area is 157 Å². The second-order valence-corrected chi connectivity index (χ2v) is 6.12. The third-order valence-electron chi connectivity index (χ3n) is 4.18. The van der Waals surface area contributed by atoms with Gasteiger partial charge in [-0.05, 0) is 43.3 Å². The number of fused-ring (bicyclic) bond motifs is 1. The number of halogens is 4. The molecule has 28 heavy (non-hydrogen) atoms. The van der Waals surface area contributed by atoms with E-state index in [-0.39, 0.29) is 12.3 Å². The van der Waals surface area contributed by atoms with E-state index in [1.807, 2.05) is 24.3 Å². The van der Waals surface area contributed by atoms with Gasteiger partial charge in [0.1, 0.15) is 17.4 Å². The van der Waals surface area contributed by atoms with Crippen LogP contribution in [-0.4, -0.2) is 28.4 Å². The number of rotatable bonds is 2. The van der Waals surface area contributed by atoms with E-state index in [4.69, 9.17) is 0 Å². The maximum absolute atomic E-state index is 14.0. The van der Waals surface area contributed by atoms with E-state index >= 15 is 0 Å². The minimum Gasteiger partial charge on any atom is -0.406 e. The van der Waals surface area contributed by atoms with Crippen molar-refractivity contribution >= 4 is 22.7 Å². The number of hydrogen-bond donors (Lipinski definition) is 0. The van der Waals surface area contributed by atoms with E-state index in [1.54, 1.807) is 16.4 Å². The van der Waals surface area contributed by atoms with Crippen molar-refractivity contribution in [3.63, 3.8) is 0 Å². The molecule has 3 aromatic rings. The van der Waals surface area contributed by atoms with Gasteiger partial charge in [-0.25, -0.2) is 14.4 Å². The van der Waals surface area contributed by atoms with Crippen molar-refractivity contribution < 1.29 is 22.3 Å². The quantitative estimate of drug-likeness (QED) is 0.592. The molecule has 0 N–H and O–H groups in total. The Bertz CT molecular complexity index is 1080. The molecule has 2 aromatic carbocycles. The summed E-state index contributed by atoms with van der Waals surface area (Å²) in [6.45, 7) is 1.69. The standard InChI is InChI=1S/C19H14F4N4O/c1-12-25-16-4-2-3-5-17(16)27(12)18-24-10-13(20)11-26(18)14-6-8-15(9-7-14)28-19(21,22)23/h2-10H,11H2,1H3. The molecule has 5 nitrogen and oxygen atoms in total. The van der Waals surface area contributed by atoms with E-state index in [9.17, 15) is 17.6 Å². The average Bonchev–Trinajstić information content (AvgIpc) is 2.97. The van der Waals surface area contributed by atoms with Gasteiger partial charge in [0.05, 0.1) is 23.8 Å². The summed E-state index contributed by atoms with van der Waals surface area (Å²) in [5, 5.41) is 0. The van der Waals surface area contributed by atoms with Crippen LogP contribution >= 0.6 is 0 Å². The summed E-state index contributed by atoms with van der Waals surface area (Å²) in [5.41, 5.74) is 2.01. The summed E-state index contributed by atoms with van der Waals surface area (Å²) >= 11 is 0. The van der Waals surface area contributed by atoms with Gasteiger partial charge >= 0.3 is 6.36 Å². The Morgan fingerprint density at radius 1 is 1.04 bits per heavy atom. The number of para-hydroxylation sites is 2. The van der Waals surface area contributed by atoms with Crippen molar-refractivity contribution in [2.75, 3.05) is 11.4 Å². The van der Waals surface area contributed by atoms with E-state index in [2.05, 4.69) is 14.7 Å². The number of aliphatic imine (C=N–C) groups is 1. The molecule has 0 amide bonds. The minimum atomic E-state index is -4.78. The molecule has 1 aromatic heterocycles. The molecular weight excluding hydrogens is 376 g/mol. The molecule has 0 spiro atoms. The molecule has 4 rings (SSSR count). The summed E-state index contributed by atoms with van der Waals surface area (Å²) in [5.74, 6) is 0.225. The number of imidazole rings is 1. The first-order chi connectivity index (χ1) is 13.3. The fourth-order valence-electron chi connectivity index (χ4n) is 3.07. The average molecular weight is 390 g/mol. The van der Waals surface area contributed by atoms with Gasteiger partial charge in [-0.3, -0.25) is 4.57 Å². The van der Waals surface area contributed by atoms with E-state index in [1.165, 1.54) is 24.3 Å². The number of benzene rings is 2. The minimum absolute atomic E-state index is 0.107. The lowest BCUT2D eigenvalue weighted by atomic mass is 10.2. The van der Waals surface area contributed by atoms with Crippen LogP contribution in [0.25, 0.3) is 11.0 Å². The molecule has 2 heterocycles. The Morgan fingerprint density at radius 2 is 1.75 bits per heavy atom. The van der Waals surface area contributed by atoms with Crippen molar-refractivity contribution in [2.24, 2.45) is 4.99 Å². The fraction of sp³-hybridized carbons (Fsp3) is 0.158. The van der Waals surface area contributed by atoms with E-state index < -0.39 is 12.2 Å². The lowest BCUT2D eigenvalue weighted by Crippen LogP contribution is -2.39. The van der Waals surface area contributed by atoms with Crippen LogP contribution in [0, 0.1) is 6.92 Å². The highest BCUT2D eigenvalue weighted by Crippen LogP contribution is 2.28. The molecule has 0 radical (unpaired) electrons. The van der Waals surface area contributed by atoms with Gasteiger partial charge in [-0.1, -0.05) is 12.1 Å². The van der Waals surface area contributed by atoms with Gasteiger partial charge in [0.25, 0.3) is 0 Å². The monoisotopic (exact) mass is 390 g/mol. The predicted octanol–water partition coefficient (Wildman–Crippen LogP) is 4.78. The number of aryl methyl sites for hydroxylation is 1. The topological polar surface area (TPSA) is 42.7 Å². The maximum atomic E-state index is 14.0. The third-order valence-corrected chi connectivity index (χ3v) is 4.18. The van der Waals surface area contributed by atoms with Crippen LogP contribution in [0.15, 0.2) is 65.6 Å².